The third kappa shape index (κ3) is 3.34. The lowest BCUT2D eigenvalue weighted by molar-refractivity contribution is -0.145. The van der Waals surface area contributed by atoms with E-state index >= 15 is 0 Å². The summed E-state index contributed by atoms with van der Waals surface area (Å²) >= 11 is 0. The smallest absolute Gasteiger partial charge is 0.308 e. The van der Waals surface area contributed by atoms with Crippen molar-refractivity contribution < 1.29 is 23.8 Å². The molecule has 2 saturated heterocycles. The van der Waals surface area contributed by atoms with Gasteiger partial charge in [0.25, 0.3) is 0 Å². The van der Waals surface area contributed by atoms with Gasteiger partial charge in [-0.15, -0.1) is 0 Å². The van der Waals surface area contributed by atoms with Crippen molar-refractivity contribution in [2.24, 2.45) is 5.92 Å². The molecule has 19 heavy (non-hydrogen) atoms. The van der Waals surface area contributed by atoms with Crippen LogP contribution in [0.15, 0.2) is 0 Å². The maximum Gasteiger partial charge on any atom is 0.308 e. The summed E-state index contributed by atoms with van der Waals surface area (Å²) in [6.45, 7) is 4.19. The SMILES string of the molecule is COC(=O)C(C)CCC[C@]1(C)OCC2OC2CC1=O. The maximum atomic E-state index is 12.1. The van der Waals surface area contributed by atoms with Gasteiger partial charge in [0, 0.05) is 6.42 Å². The highest BCUT2D eigenvalue weighted by molar-refractivity contribution is 5.88. The summed E-state index contributed by atoms with van der Waals surface area (Å²) in [5.74, 6) is -0.220. The number of rotatable bonds is 5. The van der Waals surface area contributed by atoms with Crippen LogP contribution in [0.5, 0.6) is 0 Å². The molecule has 0 amide bonds. The van der Waals surface area contributed by atoms with Gasteiger partial charge in [0.15, 0.2) is 5.78 Å². The molecule has 0 saturated carbocycles. The van der Waals surface area contributed by atoms with Crippen LogP contribution in [0.25, 0.3) is 0 Å². The van der Waals surface area contributed by atoms with E-state index in [4.69, 9.17) is 9.47 Å². The number of epoxide rings is 1. The molecule has 4 atom stereocenters. The summed E-state index contributed by atoms with van der Waals surface area (Å²) in [5, 5.41) is 0. The quantitative estimate of drug-likeness (QED) is 0.559. The van der Waals surface area contributed by atoms with Crippen molar-refractivity contribution in [3.63, 3.8) is 0 Å². The van der Waals surface area contributed by atoms with Gasteiger partial charge >= 0.3 is 5.97 Å². The van der Waals surface area contributed by atoms with Crippen molar-refractivity contribution in [1.82, 2.24) is 0 Å². The van der Waals surface area contributed by atoms with E-state index in [9.17, 15) is 9.59 Å². The van der Waals surface area contributed by atoms with Gasteiger partial charge in [0.05, 0.1) is 25.7 Å². The highest BCUT2D eigenvalue weighted by Gasteiger charge is 2.49. The van der Waals surface area contributed by atoms with Crippen LogP contribution in [-0.4, -0.2) is 43.3 Å². The van der Waals surface area contributed by atoms with E-state index in [0.717, 1.165) is 6.42 Å². The van der Waals surface area contributed by atoms with Crippen LogP contribution < -0.4 is 0 Å². The first-order valence-corrected chi connectivity index (χ1v) is 6.87. The van der Waals surface area contributed by atoms with Gasteiger partial charge < -0.3 is 14.2 Å². The fourth-order valence-electron chi connectivity index (χ4n) is 2.53. The first-order valence-electron chi connectivity index (χ1n) is 6.87. The number of carbonyl (C=O) groups is 2. The first kappa shape index (κ1) is 14.5. The van der Waals surface area contributed by atoms with Gasteiger partial charge in [-0.3, -0.25) is 9.59 Å². The monoisotopic (exact) mass is 270 g/mol. The van der Waals surface area contributed by atoms with Crippen molar-refractivity contribution >= 4 is 11.8 Å². The maximum absolute atomic E-state index is 12.1. The van der Waals surface area contributed by atoms with Crippen molar-refractivity contribution in [1.29, 1.82) is 0 Å². The predicted octanol–water partition coefficient (Wildman–Crippen LogP) is 1.48. The normalized spacial score (nSPS) is 35.2. The summed E-state index contributed by atoms with van der Waals surface area (Å²) < 4.78 is 15.7. The molecule has 5 heteroatoms. The highest BCUT2D eigenvalue weighted by Crippen LogP contribution is 2.35. The van der Waals surface area contributed by atoms with Crippen LogP contribution in [0, 0.1) is 5.92 Å². The Bertz CT molecular complexity index is 367. The molecule has 2 heterocycles. The lowest BCUT2D eigenvalue weighted by atomic mass is 9.90. The topological polar surface area (TPSA) is 65.1 Å². The lowest BCUT2D eigenvalue weighted by Crippen LogP contribution is -2.38. The van der Waals surface area contributed by atoms with Gasteiger partial charge in [-0.05, 0) is 26.2 Å². The van der Waals surface area contributed by atoms with Crippen LogP contribution >= 0.6 is 0 Å². The fraction of sp³-hybridized carbons (Fsp3) is 0.857. The van der Waals surface area contributed by atoms with Crippen molar-refractivity contribution in [3.05, 3.63) is 0 Å². The molecule has 0 radical (unpaired) electrons. The molecule has 0 aromatic heterocycles. The van der Waals surface area contributed by atoms with E-state index in [1.165, 1.54) is 7.11 Å². The Labute approximate surface area is 113 Å². The van der Waals surface area contributed by atoms with Crippen LogP contribution in [0.3, 0.4) is 0 Å². The van der Waals surface area contributed by atoms with Gasteiger partial charge in [-0.2, -0.15) is 0 Å². The highest BCUT2D eigenvalue weighted by atomic mass is 16.6. The fourth-order valence-corrected chi connectivity index (χ4v) is 2.53. The Balaban J connectivity index is 1.80. The molecule has 3 unspecified atom stereocenters. The zero-order chi connectivity index (χ0) is 14.0. The molecule has 0 bridgehead atoms. The molecule has 5 nitrogen and oxygen atoms in total. The molecule has 0 aromatic carbocycles. The minimum absolute atomic E-state index is 0.0725. The Kier molecular flexibility index (Phi) is 4.26. The molecule has 0 aliphatic carbocycles. The minimum Gasteiger partial charge on any atom is -0.469 e. The average molecular weight is 270 g/mol. The van der Waals surface area contributed by atoms with Crippen LogP contribution in [-0.2, 0) is 23.8 Å². The third-order valence-corrected chi connectivity index (χ3v) is 4.12. The number of hydrogen-bond acceptors (Lipinski definition) is 5. The van der Waals surface area contributed by atoms with E-state index in [-0.39, 0.29) is 29.9 Å². The van der Waals surface area contributed by atoms with Crippen molar-refractivity contribution in [2.45, 2.75) is 57.3 Å². The largest absolute Gasteiger partial charge is 0.469 e. The second-order valence-electron chi connectivity index (χ2n) is 5.70. The second-order valence-corrected chi connectivity index (χ2v) is 5.70. The van der Waals surface area contributed by atoms with Gasteiger partial charge in [-0.25, -0.2) is 0 Å². The molecular weight excluding hydrogens is 248 g/mol. The summed E-state index contributed by atoms with van der Waals surface area (Å²) in [6.07, 6.45) is 2.76. The molecule has 2 aliphatic rings. The van der Waals surface area contributed by atoms with E-state index in [2.05, 4.69) is 4.74 Å². The lowest BCUT2D eigenvalue weighted by Gasteiger charge is -2.27. The Morgan fingerprint density at radius 3 is 2.95 bits per heavy atom. The predicted molar refractivity (Wildman–Crippen MR) is 67.7 cm³/mol. The molecule has 0 N–H and O–H groups in total. The van der Waals surface area contributed by atoms with E-state index in [0.29, 0.717) is 25.9 Å². The number of esters is 1. The number of ether oxygens (including phenoxy) is 3. The van der Waals surface area contributed by atoms with Crippen molar-refractivity contribution in [2.75, 3.05) is 13.7 Å². The molecule has 0 spiro atoms. The second kappa shape index (κ2) is 5.59. The van der Waals surface area contributed by atoms with Crippen LogP contribution in [0.1, 0.15) is 39.5 Å². The first-order chi connectivity index (χ1) is 8.96. The van der Waals surface area contributed by atoms with E-state index in [1.54, 1.807) is 0 Å². The number of carbonyl (C=O) groups excluding carboxylic acids is 2. The van der Waals surface area contributed by atoms with E-state index in [1.807, 2.05) is 13.8 Å². The number of fused-ring (bicyclic) bond motifs is 1. The number of Topliss-reactive ketones (excluding diaryl/α,β-unsaturated/α-hetero) is 1. The Morgan fingerprint density at radius 1 is 1.53 bits per heavy atom. The zero-order valence-corrected chi connectivity index (χ0v) is 11.8. The summed E-state index contributed by atoms with van der Waals surface area (Å²) in [6, 6.07) is 0. The number of ketones is 1. The van der Waals surface area contributed by atoms with Crippen molar-refractivity contribution in [3.8, 4) is 0 Å². The molecule has 0 aromatic rings. The van der Waals surface area contributed by atoms with Crippen LogP contribution in [0.2, 0.25) is 0 Å². The molecular formula is C14H22O5. The van der Waals surface area contributed by atoms with Gasteiger partial charge in [0.2, 0.25) is 0 Å². The Hall–Kier alpha value is -0.940. The summed E-state index contributed by atoms with van der Waals surface area (Å²) in [7, 11) is 1.39. The Morgan fingerprint density at radius 2 is 2.26 bits per heavy atom. The third-order valence-electron chi connectivity index (χ3n) is 4.12. The van der Waals surface area contributed by atoms with Gasteiger partial charge in [0.1, 0.15) is 11.7 Å². The summed E-state index contributed by atoms with van der Waals surface area (Å²) in [4.78, 5) is 23.4. The zero-order valence-electron chi connectivity index (χ0n) is 11.8. The average Bonchev–Trinajstić information content (AvgIpc) is 3.13. The standard InChI is InChI=1S/C14H22O5/c1-9(13(16)17-3)5-4-6-14(2)12(15)7-10-11(19-10)8-18-14/h9-11H,4-8H2,1-3H3/t9?,10?,11?,14-/m0/s1. The van der Waals surface area contributed by atoms with Crippen LogP contribution in [0.4, 0.5) is 0 Å². The minimum atomic E-state index is -0.716. The molecule has 2 rings (SSSR count). The molecule has 2 aliphatic heterocycles. The van der Waals surface area contributed by atoms with Gasteiger partial charge in [-0.1, -0.05) is 6.92 Å². The summed E-state index contributed by atoms with van der Waals surface area (Å²) in [5.41, 5.74) is -0.716. The number of hydrogen-bond donors (Lipinski definition) is 0. The van der Waals surface area contributed by atoms with E-state index < -0.39 is 5.60 Å². The molecule has 2 fully saturated rings. The number of methoxy groups -OCH3 is 1. The molecule has 108 valence electrons.